The molecular weight excluding hydrogens is 687 g/mol. The van der Waals surface area contributed by atoms with Crippen LogP contribution in [0.2, 0.25) is 0 Å². The Morgan fingerprint density at radius 3 is 1.70 bits per heavy atom. The minimum atomic E-state index is -0.433. The van der Waals surface area contributed by atoms with Gasteiger partial charge in [0.15, 0.2) is 0 Å². The van der Waals surface area contributed by atoms with Crippen LogP contribution in [0.15, 0.2) is 146 Å². The molecule has 0 bridgehead atoms. The van der Waals surface area contributed by atoms with Gasteiger partial charge in [-0.15, -0.1) is 0 Å². The van der Waals surface area contributed by atoms with Gasteiger partial charge in [0, 0.05) is 11.3 Å². The molecule has 1 nitrogen and oxygen atoms in total. The van der Waals surface area contributed by atoms with Crippen molar-refractivity contribution in [2.24, 2.45) is 0 Å². The minimum absolute atomic E-state index is 0.0274. The van der Waals surface area contributed by atoms with Crippen molar-refractivity contribution in [2.45, 2.75) is 89.4 Å². The van der Waals surface area contributed by atoms with Crippen molar-refractivity contribution < 1.29 is 0 Å². The zero-order valence-electron chi connectivity index (χ0n) is 34.0. The predicted octanol–water partition coefficient (Wildman–Crippen LogP) is 14.7. The maximum atomic E-state index is 2.68. The Labute approximate surface area is 339 Å². The van der Waals surface area contributed by atoms with Crippen molar-refractivity contribution in [1.82, 2.24) is 0 Å². The van der Waals surface area contributed by atoms with E-state index in [4.69, 9.17) is 0 Å². The van der Waals surface area contributed by atoms with Gasteiger partial charge in [-0.25, -0.2) is 0 Å². The number of hydrogen-bond acceptors (Lipinski definition) is 1. The number of hydrogen-bond donors (Lipinski definition) is 0. The van der Waals surface area contributed by atoms with Crippen LogP contribution in [0.25, 0.3) is 33.4 Å². The second kappa shape index (κ2) is 12.4. The number of anilines is 3. The van der Waals surface area contributed by atoms with Gasteiger partial charge in [-0.05, 0) is 158 Å². The van der Waals surface area contributed by atoms with Gasteiger partial charge in [0.05, 0.1) is 16.8 Å². The van der Waals surface area contributed by atoms with Crippen molar-refractivity contribution in [3.8, 4) is 33.4 Å². The van der Waals surface area contributed by atoms with E-state index in [9.17, 15) is 0 Å². The van der Waals surface area contributed by atoms with Gasteiger partial charge in [-0.2, -0.15) is 0 Å². The fraction of sp³-hybridized carbons (Fsp3) is 0.250. The topological polar surface area (TPSA) is 3.24 Å². The first-order valence-corrected chi connectivity index (χ1v) is 21.3. The van der Waals surface area contributed by atoms with E-state index in [1.807, 2.05) is 0 Å². The van der Waals surface area contributed by atoms with Crippen LogP contribution in [0.1, 0.15) is 103 Å². The Bertz CT molecular complexity index is 2720. The van der Waals surface area contributed by atoms with E-state index in [0.717, 1.165) is 19.3 Å². The summed E-state index contributed by atoms with van der Waals surface area (Å²) in [4.78, 5) is 2.68. The Morgan fingerprint density at radius 1 is 0.456 bits per heavy atom. The molecule has 7 aromatic carbocycles. The van der Waals surface area contributed by atoms with Gasteiger partial charge < -0.3 is 4.90 Å². The molecule has 4 aliphatic carbocycles. The van der Waals surface area contributed by atoms with Crippen molar-refractivity contribution in [2.75, 3.05) is 4.90 Å². The number of fused-ring (bicyclic) bond motifs is 12. The Hall–Kier alpha value is -5.66. The van der Waals surface area contributed by atoms with Gasteiger partial charge in [0.25, 0.3) is 0 Å². The first-order chi connectivity index (χ1) is 27.7. The molecule has 0 saturated heterocycles. The van der Waals surface area contributed by atoms with E-state index in [1.54, 1.807) is 0 Å². The molecule has 7 aromatic rings. The van der Waals surface area contributed by atoms with Crippen molar-refractivity contribution >= 4 is 17.1 Å². The SMILES string of the molecule is Cc1ccc2c(c1N(c1ccccc1)c1cc3c(cc1-c1cccc4c1C(C)(C)CCC4(C)C)-c1ccccc1C31c3ccccc3-c3ccccc31)CCCC2. The zero-order valence-corrected chi connectivity index (χ0v) is 34.0. The molecule has 0 aromatic heterocycles. The molecule has 0 saturated carbocycles. The molecule has 0 unspecified atom stereocenters. The van der Waals surface area contributed by atoms with E-state index < -0.39 is 5.41 Å². The van der Waals surface area contributed by atoms with Crippen molar-refractivity contribution in [3.05, 3.63) is 196 Å². The first-order valence-electron chi connectivity index (χ1n) is 21.3. The van der Waals surface area contributed by atoms with Crippen molar-refractivity contribution in [1.29, 1.82) is 0 Å². The lowest BCUT2D eigenvalue weighted by molar-refractivity contribution is 0.333. The van der Waals surface area contributed by atoms with Crippen LogP contribution in [-0.2, 0) is 29.1 Å². The molecule has 280 valence electrons. The molecule has 0 heterocycles. The molecule has 1 heteroatoms. The van der Waals surface area contributed by atoms with E-state index in [2.05, 4.69) is 185 Å². The summed E-state index contributed by atoms with van der Waals surface area (Å²) in [6, 6.07) is 56.3. The van der Waals surface area contributed by atoms with Crippen LogP contribution in [-0.4, -0.2) is 0 Å². The van der Waals surface area contributed by atoms with E-state index in [1.165, 1.54) is 120 Å². The maximum Gasteiger partial charge on any atom is 0.0726 e. The lowest BCUT2D eigenvalue weighted by Gasteiger charge is -2.43. The number of aryl methyl sites for hydroxylation is 2. The van der Waals surface area contributed by atoms with E-state index in [0.29, 0.717) is 0 Å². The van der Waals surface area contributed by atoms with E-state index >= 15 is 0 Å². The average Bonchev–Trinajstić information content (AvgIpc) is 3.70. The quantitative estimate of drug-likeness (QED) is 0.174. The van der Waals surface area contributed by atoms with Gasteiger partial charge in [0.1, 0.15) is 0 Å². The summed E-state index contributed by atoms with van der Waals surface area (Å²) in [6.07, 6.45) is 7.08. The highest BCUT2D eigenvalue weighted by Crippen LogP contribution is 2.65. The van der Waals surface area contributed by atoms with Gasteiger partial charge in [0.2, 0.25) is 0 Å². The number of nitrogens with zero attached hydrogens (tertiary/aromatic N) is 1. The molecule has 0 amide bonds. The van der Waals surface area contributed by atoms with Crippen LogP contribution in [0, 0.1) is 6.92 Å². The minimum Gasteiger partial charge on any atom is -0.309 e. The fourth-order valence-electron chi connectivity index (χ4n) is 11.7. The summed E-state index contributed by atoms with van der Waals surface area (Å²) >= 11 is 0. The monoisotopic (exact) mass is 737 g/mol. The molecule has 0 atom stereocenters. The van der Waals surface area contributed by atoms with Crippen LogP contribution in [0.3, 0.4) is 0 Å². The normalized spacial score (nSPS) is 17.2. The highest BCUT2D eigenvalue weighted by atomic mass is 15.2. The predicted molar refractivity (Wildman–Crippen MR) is 240 cm³/mol. The van der Waals surface area contributed by atoms with Gasteiger partial charge >= 0.3 is 0 Å². The standard InChI is InChI=1S/C56H51N/c1-36-30-31-37-18-9-10-21-39(37)53(36)57(38-19-7-6-8-20-38)51-35-50-44(34-45(51)43-25-17-29-49-52(43)55(4,5)33-32-54(49,2)3)42-24-13-16-28-48(42)56(50)46-26-14-11-22-40(46)41-23-12-15-27-47(41)56/h6-8,11-17,19-20,22-31,34-35H,9-10,18,21,32-33H2,1-5H3. The summed E-state index contributed by atoms with van der Waals surface area (Å²) in [7, 11) is 0. The molecule has 0 N–H and O–H groups in total. The zero-order chi connectivity index (χ0) is 38.7. The first kappa shape index (κ1) is 34.6. The summed E-state index contributed by atoms with van der Waals surface area (Å²) < 4.78 is 0. The van der Waals surface area contributed by atoms with Crippen molar-refractivity contribution in [3.63, 3.8) is 0 Å². The number of para-hydroxylation sites is 1. The Kier molecular flexibility index (Phi) is 7.53. The van der Waals surface area contributed by atoms with Crippen LogP contribution >= 0.6 is 0 Å². The Balaban J connectivity index is 1.32. The molecular formula is C56H51N. The van der Waals surface area contributed by atoms with E-state index in [-0.39, 0.29) is 10.8 Å². The largest absolute Gasteiger partial charge is 0.309 e. The number of rotatable bonds is 4. The van der Waals surface area contributed by atoms with Crippen LogP contribution in [0.5, 0.6) is 0 Å². The summed E-state index contributed by atoms with van der Waals surface area (Å²) in [5.41, 5.74) is 24.5. The molecule has 0 aliphatic heterocycles. The molecule has 4 aliphatic rings. The highest BCUT2D eigenvalue weighted by molar-refractivity contribution is 6.01. The lowest BCUT2D eigenvalue weighted by atomic mass is 9.61. The summed E-state index contributed by atoms with van der Waals surface area (Å²) in [6.45, 7) is 12.2. The third-order valence-corrected chi connectivity index (χ3v) is 14.4. The van der Waals surface area contributed by atoms with Gasteiger partial charge in [-0.3, -0.25) is 0 Å². The molecule has 0 radical (unpaired) electrons. The molecule has 11 rings (SSSR count). The summed E-state index contributed by atoms with van der Waals surface area (Å²) in [5.74, 6) is 0. The molecule has 0 fully saturated rings. The average molecular weight is 738 g/mol. The fourth-order valence-corrected chi connectivity index (χ4v) is 11.7. The van der Waals surface area contributed by atoms with Crippen LogP contribution in [0.4, 0.5) is 17.1 Å². The summed E-state index contributed by atoms with van der Waals surface area (Å²) in [5, 5.41) is 0. The lowest BCUT2D eigenvalue weighted by Crippen LogP contribution is -2.34. The smallest absolute Gasteiger partial charge is 0.0726 e. The Morgan fingerprint density at radius 2 is 1.02 bits per heavy atom. The third kappa shape index (κ3) is 4.81. The second-order valence-electron chi connectivity index (χ2n) is 18.5. The highest BCUT2D eigenvalue weighted by Gasteiger charge is 2.52. The molecule has 1 spiro atoms. The van der Waals surface area contributed by atoms with Crippen LogP contribution < -0.4 is 4.90 Å². The van der Waals surface area contributed by atoms with Gasteiger partial charge in [-0.1, -0.05) is 149 Å². The maximum absolute atomic E-state index is 2.68. The molecule has 57 heavy (non-hydrogen) atoms. The third-order valence-electron chi connectivity index (χ3n) is 14.4. The number of benzene rings is 7. The second-order valence-corrected chi connectivity index (χ2v) is 18.5.